The van der Waals surface area contributed by atoms with Gasteiger partial charge in [-0.05, 0) is 43.7 Å². The summed E-state index contributed by atoms with van der Waals surface area (Å²) >= 11 is 0. The average Bonchev–Trinajstić information content (AvgIpc) is 2.78. The summed E-state index contributed by atoms with van der Waals surface area (Å²) in [6.45, 7) is 5.62. The Labute approximate surface area is 172 Å². The Kier molecular flexibility index (Phi) is 8.05. The van der Waals surface area contributed by atoms with Gasteiger partial charge in [-0.2, -0.15) is 5.26 Å². The number of nitrogens with zero attached hydrogens (tertiary/aromatic N) is 2. The molecule has 0 aliphatic carbocycles. The lowest BCUT2D eigenvalue weighted by Crippen LogP contribution is -2.37. The fraction of sp³-hybridized carbons (Fsp3) is 0.391. The first-order chi connectivity index (χ1) is 14.3. The van der Waals surface area contributed by atoms with Crippen molar-refractivity contribution in [2.75, 3.05) is 39.4 Å². The van der Waals surface area contributed by atoms with Crippen molar-refractivity contribution < 1.29 is 14.3 Å². The summed E-state index contributed by atoms with van der Waals surface area (Å²) < 4.78 is 11.1. The molecule has 0 saturated carbocycles. The molecule has 6 heteroatoms. The molecule has 0 aromatic heterocycles. The Morgan fingerprint density at radius 1 is 1.14 bits per heavy atom. The van der Waals surface area contributed by atoms with Gasteiger partial charge in [-0.1, -0.05) is 24.3 Å². The van der Waals surface area contributed by atoms with Crippen LogP contribution in [0.2, 0.25) is 0 Å². The average molecular weight is 393 g/mol. The van der Waals surface area contributed by atoms with E-state index in [1.807, 2.05) is 24.3 Å². The molecule has 0 unspecified atom stereocenters. The van der Waals surface area contributed by atoms with Crippen LogP contribution in [0.3, 0.4) is 0 Å². The summed E-state index contributed by atoms with van der Waals surface area (Å²) in [6.07, 6.45) is 2.01. The monoisotopic (exact) mass is 393 g/mol. The van der Waals surface area contributed by atoms with Crippen LogP contribution < -0.4 is 10.1 Å². The van der Waals surface area contributed by atoms with Gasteiger partial charge in [0, 0.05) is 30.8 Å². The van der Waals surface area contributed by atoms with Gasteiger partial charge >= 0.3 is 0 Å². The van der Waals surface area contributed by atoms with E-state index in [0.29, 0.717) is 23.4 Å². The topological polar surface area (TPSA) is 74.6 Å². The number of ether oxygens (including phenoxy) is 2. The van der Waals surface area contributed by atoms with Gasteiger partial charge in [0.25, 0.3) is 5.91 Å². The SMILES string of the molecule is N#Cc1ccccc1COc1cccc(C(=O)NCCCCN2CCOCC2)c1. The molecule has 0 spiro atoms. The second-order valence-corrected chi connectivity index (χ2v) is 7.00. The highest BCUT2D eigenvalue weighted by molar-refractivity contribution is 5.94. The van der Waals surface area contributed by atoms with Crippen LogP contribution >= 0.6 is 0 Å². The lowest BCUT2D eigenvalue weighted by atomic mass is 10.1. The molecule has 1 heterocycles. The first-order valence-electron chi connectivity index (χ1n) is 10.1. The van der Waals surface area contributed by atoms with Crippen LogP contribution in [0.25, 0.3) is 0 Å². The van der Waals surface area contributed by atoms with Gasteiger partial charge in [0.15, 0.2) is 0 Å². The van der Waals surface area contributed by atoms with E-state index in [1.54, 1.807) is 24.3 Å². The Bertz CT molecular complexity index is 841. The summed E-state index contributed by atoms with van der Waals surface area (Å²) in [5, 5.41) is 12.1. The molecule has 152 valence electrons. The number of nitriles is 1. The van der Waals surface area contributed by atoms with Crippen LogP contribution in [0.4, 0.5) is 0 Å². The van der Waals surface area contributed by atoms with E-state index in [4.69, 9.17) is 14.7 Å². The number of amides is 1. The van der Waals surface area contributed by atoms with Gasteiger partial charge < -0.3 is 14.8 Å². The van der Waals surface area contributed by atoms with Gasteiger partial charge in [0.2, 0.25) is 0 Å². The molecule has 1 amide bonds. The zero-order valence-electron chi connectivity index (χ0n) is 16.6. The maximum absolute atomic E-state index is 12.4. The van der Waals surface area contributed by atoms with Crippen LogP contribution in [0.1, 0.15) is 34.3 Å². The Morgan fingerprint density at radius 2 is 1.97 bits per heavy atom. The second-order valence-electron chi connectivity index (χ2n) is 7.00. The fourth-order valence-electron chi connectivity index (χ4n) is 3.23. The predicted octanol–water partition coefficient (Wildman–Crippen LogP) is 2.98. The highest BCUT2D eigenvalue weighted by atomic mass is 16.5. The largest absolute Gasteiger partial charge is 0.489 e. The van der Waals surface area contributed by atoms with Gasteiger partial charge in [0.1, 0.15) is 12.4 Å². The van der Waals surface area contributed by atoms with E-state index in [-0.39, 0.29) is 12.5 Å². The molecule has 0 bridgehead atoms. The smallest absolute Gasteiger partial charge is 0.251 e. The van der Waals surface area contributed by atoms with Crippen molar-refractivity contribution in [2.45, 2.75) is 19.4 Å². The first-order valence-corrected chi connectivity index (χ1v) is 10.1. The molecule has 29 heavy (non-hydrogen) atoms. The molecular weight excluding hydrogens is 366 g/mol. The van der Waals surface area contributed by atoms with Crippen molar-refractivity contribution in [3.63, 3.8) is 0 Å². The number of unbranched alkanes of at least 4 members (excludes halogenated alkanes) is 1. The molecule has 2 aromatic carbocycles. The molecule has 0 atom stereocenters. The summed E-state index contributed by atoms with van der Waals surface area (Å²) in [7, 11) is 0. The molecule has 2 aromatic rings. The van der Waals surface area contributed by atoms with Crippen LogP contribution in [-0.4, -0.2) is 50.2 Å². The van der Waals surface area contributed by atoms with E-state index in [9.17, 15) is 4.79 Å². The lowest BCUT2D eigenvalue weighted by Gasteiger charge is -2.26. The molecule has 1 N–H and O–H groups in total. The standard InChI is InChI=1S/C23H27N3O3/c24-17-20-6-1-2-7-21(20)18-29-22-9-5-8-19(16-22)23(27)25-10-3-4-11-26-12-14-28-15-13-26/h1-2,5-9,16H,3-4,10-15,18H2,(H,25,27). The maximum atomic E-state index is 12.4. The van der Waals surface area contributed by atoms with E-state index >= 15 is 0 Å². The van der Waals surface area contributed by atoms with Gasteiger partial charge in [-0.25, -0.2) is 0 Å². The fourth-order valence-corrected chi connectivity index (χ4v) is 3.23. The molecular formula is C23H27N3O3. The minimum absolute atomic E-state index is 0.0979. The zero-order valence-corrected chi connectivity index (χ0v) is 16.6. The maximum Gasteiger partial charge on any atom is 0.251 e. The van der Waals surface area contributed by atoms with Gasteiger partial charge in [-0.15, -0.1) is 0 Å². The number of morpholine rings is 1. The van der Waals surface area contributed by atoms with E-state index in [1.165, 1.54) is 0 Å². The molecule has 1 fully saturated rings. The highest BCUT2D eigenvalue weighted by Gasteiger charge is 2.10. The van der Waals surface area contributed by atoms with Crippen molar-refractivity contribution in [2.24, 2.45) is 0 Å². The molecule has 3 rings (SSSR count). The second kappa shape index (κ2) is 11.2. The van der Waals surface area contributed by atoms with E-state index in [0.717, 1.165) is 51.3 Å². The number of hydrogen-bond acceptors (Lipinski definition) is 5. The summed E-state index contributed by atoms with van der Waals surface area (Å²) in [6, 6.07) is 16.6. The van der Waals surface area contributed by atoms with Crippen LogP contribution in [-0.2, 0) is 11.3 Å². The van der Waals surface area contributed by atoms with Crippen LogP contribution in [0.5, 0.6) is 5.75 Å². The van der Waals surface area contributed by atoms with Gasteiger partial charge in [0.05, 0.1) is 24.8 Å². The normalized spacial score (nSPS) is 14.2. The first kappa shape index (κ1) is 20.8. The molecule has 1 aliphatic rings. The number of rotatable bonds is 9. The lowest BCUT2D eigenvalue weighted by molar-refractivity contribution is 0.0372. The third-order valence-electron chi connectivity index (χ3n) is 4.92. The minimum atomic E-state index is -0.0979. The third-order valence-corrected chi connectivity index (χ3v) is 4.92. The summed E-state index contributed by atoms with van der Waals surface area (Å²) in [5.41, 5.74) is 1.99. The molecule has 1 aliphatic heterocycles. The summed E-state index contributed by atoms with van der Waals surface area (Å²) in [5.74, 6) is 0.511. The summed E-state index contributed by atoms with van der Waals surface area (Å²) in [4.78, 5) is 14.8. The number of benzene rings is 2. The zero-order chi connectivity index (χ0) is 20.3. The minimum Gasteiger partial charge on any atom is -0.489 e. The van der Waals surface area contributed by atoms with Gasteiger partial charge in [-0.3, -0.25) is 9.69 Å². The third kappa shape index (κ3) is 6.60. The van der Waals surface area contributed by atoms with Crippen molar-refractivity contribution in [3.05, 3.63) is 65.2 Å². The molecule has 0 radical (unpaired) electrons. The number of carbonyl (C=O) groups is 1. The Morgan fingerprint density at radius 3 is 2.79 bits per heavy atom. The Hall–Kier alpha value is -2.88. The van der Waals surface area contributed by atoms with Crippen molar-refractivity contribution in [3.8, 4) is 11.8 Å². The number of carbonyl (C=O) groups excluding carboxylic acids is 1. The van der Waals surface area contributed by atoms with E-state index < -0.39 is 0 Å². The van der Waals surface area contributed by atoms with Crippen molar-refractivity contribution >= 4 is 5.91 Å². The van der Waals surface area contributed by atoms with Crippen molar-refractivity contribution in [1.29, 1.82) is 5.26 Å². The van der Waals surface area contributed by atoms with Crippen LogP contribution in [0, 0.1) is 11.3 Å². The number of hydrogen-bond donors (Lipinski definition) is 1. The van der Waals surface area contributed by atoms with Crippen molar-refractivity contribution in [1.82, 2.24) is 10.2 Å². The Balaban J connectivity index is 1.42. The molecule has 1 saturated heterocycles. The molecule has 6 nitrogen and oxygen atoms in total. The quantitative estimate of drug-likeness (QED) is 0.663. The highest BCUT2D eigenvalue weighted by Crippen LogP contribution is 2.17. The predicted molar refractivity (Wildman–Crippen MR) is 111 cm³/mol. The number of nitrogens with one attached hydrogen (secondary N) is 1. The van der Waals surface area contributed by atoms with E-state index in [2.05, 4.69) is 16.3 Å². The van der Waals surface area contributed by atoms with Crippen LogP contribution in [0.15, 0.2) is 48.5 Å².